The van der Waals surface area contributed by atoms with Crippen molar-refractivity contribution >= 4 is 28.8 Å². The second-order valence-corrected chi connectivity index (χ2v) is 8.44. The van der Waals surface area contributed by atoms with Gasteiger partial charge in [0, 0.05) is 30.3 Å². The van der Waals surface area contributed by atoms with Crippen LogP contribution >= 0.6 is 11.3 Å². The van der Waals surface area contributed by atoms with Gasteiger partial charge in [-0.3, -0.25) is 9.59 Å². The van der Waals surface area contributed by atoms with E-state index >= 15 is 0 Å². The van der Waals surface area contributed by atoms with Gasteiger partial charge in [-0.2, -0.15) is 0 Å². The van der Waals surface area contributed by atoms with E-state index in [1.54, 1.807) is 30.3 Å². The van der Waals surface area contributed by atoms with Gasteiger partial charge in [-0.1, -0.05) is 17.4 Å². The zero-order chi connectivity index (χ0) is 22.5. The van der Waals surface area contributed by atoms with Gasteiger partial charge in [0.2, 0.25) is 5.01 Å². The van der Waals surface area contributed by atoms with Crippen LogP contribution in [-0.2, 0) is 0 Å². The molecule has 1 saturated heterocycles. The number of likely N-dealkylation sites (tertiary alicyclic amines) is 1. The van der Waals surface area contributed by atoms with E-state index in [9.17, 15) is 14.0 Å². The van der Waals surface area contributed by atoms with E-state index in [1.165, 1.54) is 29.5 Å². The van der Waals surface area contributed by atoms with Crippen molar-refractivity contribution < 1.29 is 18.7 Å². The maximum atomic E-state index is 13.3. The van der Waals surface area contributed by atoms with Crippen molar-refractivity contribution in [2.45, 2.75) is 25.7 Å². The van der Waals surface area contributed by atoms with Gasteiger partial charge in [-0.15, -0.1) is 10.2 Å². The summed E-state index contributed by atoms with van der Waals surface area (Å²) in [7, 11) is 0. The van der Waals surface area contributed by atoms with Crippen LogP contribution in [-0.4, -0.2) is 46.6 Å². The quantitative estimate of drug-likeness (QED) is 0.599. The van der Waals surface area contributed by atoms with Crippen LogP contribution in [0.25, 0.3) is 0 Å². The fourth-order valence-corrected chi connectivity index (χ4v) is 4.52. The Kier molecular flexibility index (Phi) is 6.75. The van der Waals surface area contributed by atoms with E-state index in [4.69, 9.17) is 4.74 Å². The third-order valence-electron chi connectivity index (χ3n) is 5.26. The van der Waals surface area contributed by atoms with Gasteiger partial charge in [-0.25, -0.2) is 4.39 Å². The van der Waals surface area contributed by atoms with Crippen LogP contribution < -0.4 is 10.1 Å². The molecule has 7 nitrogen and oxygen atoms in total. The normalized spacial score (nSPS) is 14.2. The minimum atomic E-state index is -0.424. The third kappa shape index (κ3) is 5.11. The maximum Gasteiger partial charge on any atom is 0.286 e. The zero-order valence-corrected chi connectivity index (χ0v) is 18.4. The Hall–Kier alpha value is -3.33. The number of amides is 2. The van der Waals surface area contributed by atoms with E-state index in [1.807, 2.05) is 11.8 Å². The summed E-state index contributed by atoms with van der Waals surface area (Å²) in [6.45, 7) is 3.73. The lowest BCUT2D eigenvalue weighted by atomic mass is 9.97. The molecule has 0 unspecified atom stereocenters. The van der Waals surface area contributed by atoms with E-state index in [-0.39, 0.29) is 16.8 Å². The molecule has 2 heterocycles. The van der Waals surface area contributed by atoms with Crippen LogP contribution in [0, 0.1) is 5.82 Å². The van der Waals surface area contributed by atoms with Gasteiger partial charge in [-0.05, 0) is 62.2 Å². The van der Waals surface area contributed by atoms with Crippen molar-refractivity contribution in [1.29, 1.82) is 0 Å². The molecule has 166 valence electrons. The summed E-state index contributed by atoms with van der Waals surface area (Å²) in [4.78, 5) is 27.0. The van der Waals surface area contributed by atoms with Crippen molar-refractivity contribution in [2.24, 2.45) is 0 Å². The van der Waals surface area contributed by atoms with E-state index in [0.29, 0.717) is 30.9 Å². The molecule has 0 spiro atoms. The van der Waals surface area contributed by atoms with Gasteiger partial charge in [0.1, 0.15) is 16.6 Å². The average molecular weight is 455 g/mol. The Morgan fingerprint density at radius 1 is 1.16 bits per heavy atom. The molecule has 0 radical (unpaired) electrons. The average Bonchev–Trinajstić information content (AvgIpc) is 3.30. The van der Waals surface area contributed by atoms with Crippen LogP contribution in [0.15, 0.2) is 48.5 Å². The first-order chi connectivity index (χ1) is 15.5. The van der Waals surface area contributed by atoms with E-state index in [0.717, 1.165) is 23.6 Å². The second kappa shape index (κ2) is 9.86. The Balaban J connectivity index is 1.33. The lowest BCUT2D eigenvalue weighted by Gasteiger charge is -2.31. The molecule has 1 aliphatic heterocycles. The fraction of sp³-hybridized carbons (Fsp3) is 0.304. The summed E-state index contributed by atoms with van der Waals surface area (Å²) in [6, 6.07) is 12.9. The van der Waals surface area contributed by atoms with Crippen LogP contribution in [0.1, 0.15) is 50.9 Å². The number of carbonyl (C=O) groups is 2. The second-order valence-electron chi connectivity index (χ2n) is 7.43. The zero-order valence-electron chi connectivity index (χ0n) is 17.6. The fourth-order valence-electron chi connectivity index (χ4n) is 3.61. The Bertz CT molecular complexity index is 1090. The number of hydrogen-bond donors (Lipinski definition) is 1. The highest BCUT2D eigenvalue weighted by Crippen LogP contribution is 2.31. The maximum absolute atomic E-state index is 13.3. The number of halogens is 1. The van der Waals surface area contributed by atoms with Gasteiger partial charge >= 0.3 is 0 Å². The lowest BCUT2D eigenvalue weighted by molar-refractivity contribution is 0.0712. The smallest absolute Gasteiger partial charge is 0.286 e. The highest BCUT2D eigenvalue weighted by Gasteiger charge is 2.27. The van der Waals surface area contributed by atoms with Gasteiger partial charge in [0.25, 0.3) is 11.8 Å². The molecule has 32 heavy (non-hydrogen) atoms. The summed E-state index contributed by atoms with van der Waals surface area (Å²) in [6.07, 6.45) is 1.51. The van der Waals surface area contributed by atoms with Crippen molar-refractivity contribution in [1.82, 2.24) is 15.1 Å². The van der Waals surface area contributed by atoms with Crippen molar-refractivity contribution in [3.8, 4) is 5.75 Å². The molecule has 1 aliphatic rings. The number of benzene rings is 2. The molecule has 0 saturated carbocycles. The summed E-state index contributed by atoms with van der Waals surface area (Å²) >= 11 is 1.24. The molecule has 0 bridgehead atoms. The highest BCUT2D eigenvalue weighted by atomic mass is 32.1. The first kappa shape index (κ1) is 21.9. The van der Waals surface area contributed by atoms with Crippen LogP contribution in [0.2, 0.25) is 0 Å². The molecular weight excluding hydrogens is 431 g/mol. The Labute approximate surface area is 189 Å². The standard InChI is InChI=1S/C23H23FN4O3S/c1-2-31-19-8-6-16(7-9-19)23(30)28-12-10-15(11-13-28)21-26-27-22(32-21)20(29)25-18-5-3-4-17(24)14-18/h3-9,14-15H,2,10-13H2,1H3,(H,25,29). The number of rotatable bonds is 6. The van der Waals surface area contributed by atoms with Crippen LogP contribution in [0.5, 0.6) is 5.75 Å². The highest BCUT2D eigenvalue weighted by molar-refractivity contribution is 7.13. The third-order valence-corrected chi connectivity index (χ3v) is 6.35. The number of nitrogens with one attached hydrogen (secondary N) is 1. The van der Waals surface area contributed by atoms with Crippen molar-refractivity contribution in [3.63, 3.8) is 0 Å². The monoisotopic (exact) mass is 454 g/mol. The topological polar surface area (TPSA) is 84.4 Å². The summed E-state index contributed by atoms with van der Waals surface area (Å²) < 4.78 is 18.7. The number of ether oxygens (including phenoxy) is 1. The minimum Gasteiger partial charge on any atom is -0.494 e. The Morgan fingerprint density at radius 3 is 2.59 bits per heavy atom. The minimum absolute atomic E-state index is 0.000998. The predicted molar refractivity (Wildman–Crippen MR) is 120 cm³/mol. The first-order valence-corrected chi connectivity index (χ1v) is 11.3. The van der Waals surface area contributed by atoms with Crippen molar-refractivity contribution in [2.75, 3.05) is 25.0 Å². The molecule has 1 fully saturated rings. The number of hydrogen-bond acceptors (Lipinski definition) is 6. The molecule has 1 aromatic heterocycles. The predicted octanol–water partition coefficient (Wildman–Crippen LogP) is 4.35. The number of piperidine rings is 1. The summed E-state index contributed by atoms with van der Waals surface area (Å²) in [5, 5.41) is 11.8. The lowest BCUT2D eigenvalue weighted by Crippen LogP contribution is -2.37. The van der Waals surface area contributed by atoms with Gasteiger partial charge < -0.3 is 15.0 Å². The molecule has 3 aromatic rings. The van der Waals surface area contributed by atoms with Crippen molar-refractivity contribution in [3.05, 3.63) is 69.9 Å². The first-order valence-electron chi connectivity index (χ1n) is 10.5. The van der Waals surface area contributed by atoms with Gasteiger partial charge in [0.05, 0.1) is 6.61 Å². The van der Waals surface area contributed by atoms with Crippen LogP contribution in [0.4, 0.5) is 10.1 Å². The Morgan fingerprint density at radius 2 is 1.91 bits per heavy atom. The molecule has 0 atom stereocenters. The molecule has 0 aliphatic carbocycles. The molecule has 4 rings (SSSR count). The summed E-state index contributed by atoms with van der Waals surface area (Å²) in [5.41, 5.74) is 1.01. The van der Waals surface area contributed by atoms with Crippen LogP contribution in [0.3, 0.4) is 0 Å². The molecule has 9 heteroatoms. The number of anilines is 1. The number of carbonyl (C=O) groups excluding carboxylic acids is 2. The SMILES string of the molecule is CCOc1ccc(C(=O)N2CCC(c3nnc(C(=O)Nc4cccc(F)c4)s3)CC2)cc1. The number of aromatic nitrogens is 2. The molecule has 1 N–H and O–H groups in total. The van der Waals surface area contributed by atoms with E-state index < -0.39 is 11.7 Å². The van der Waals surface area contributed by atoms with E-state index in [2.05, 4.69) is 15.5 Å². The molecular formula is C23H23FN4O3S. The number of nitrogens with zero attached hydrogens (tertiary/aromatic N) is 3. The van der Waals surface area contributed by atoms with Gasteiger partial charge in [0.15, 0.2) is 0 Å². The largest absolute Gasteiger partial charge is 0.494 e. The molecule has 2 amide bonds. The summed E-state index contributed by atoms with van der Waals surface area (Å²) in [5.74, 6) is 0.0533. The molecule has 2 aromatic carbocycles.